The summed E-state index contributed by atoms with van der Waals surface area (Å²) in [4.78, 5) is 25.4. The molecular weight excluding hydrogens is 335 g/mol. The Morgan fingerprint density at radius 2 is 2.04 bits per heavy atom. The SMILES string of the molecule is COC(=O)C1CC2/C(=C/C(N=N)c3ccccc3F)C(=O)C1(C)C2(C)C. The molecule has 1 aromatic rings. The van der Waals surface area contributed by atoms with E-state index in [2.05, 4.69) is 5.11 Å². The molecule has 0 aromatic heterocycles. The third-order valence-corrected chi connectivity index (χ3v) is 6.67. The number of ketones is 1. The van der Waals surface area contributed by atoms with Gasteiger partial charge in [0.05, 0.1) is 13.0 Å². The normalized spacial score (nSPS) is 31.9. The van der Waals surface area contributed by atoms with Gasteiger partial charge < -0.3 is 4.74 Å². The lowest BCUT2D eigenvalue weighted by Crippen LogP contribution is -2.42. The number of hydrogen-bond acceptors (Lipinski definition) is 5. The summed E-state index contributed by atoms with van der Waals surface area (Å²) >= 11 is 0. The van der Waals surface area contributed by atoms with Crippen LogP contribution in [0.1, 0.15) is 38.8 Å². The van der Waals surface area contributed by atoms with E-state index in [0.717, 1.165) is 0 Å². The van der Waals surface area contributed by atoms with E-state index >= 15 is 0 Å². The summed E-state index contributed by atoms with van der Waals surface area (Å²) in [6, 6.07) is 5.27. The molecule has 2 fully saturated rings. The fourth-order valence-corrected chi connectivity index (χ4v) is 4.75. The molecule has 2 bridgehead atoms. The van der Waals surface area contributed by atoms with Crippen molar-refractivity contribution in [1.29, 1.82) is 5.53 Å². The number of halogens is 1. The summed E-state index contributed by atoms with van der Waals surface area (Å²) in [6.45, 7) is 5.78. The number of Topliss-reactive ketones (excluding diaryl/α,β-unsaturated/α-hetero) is 1. The van der Waals surface area contributed by atoms with Gasteiger partial charge in [0.15, 0.2) is 5.78 Å². The van der Waals surface area contributed by atoms with E-state index in [-0.39, 0.29) is 23.2 Å². The zero-order valence-electron chi connectivity index (χ0n) is 15.4. The van der Waals surface area contributed by atoms with Crippen LogP contribution >= 0.6 is 0 Å². The predicted octanol–water partition coefficient (Wildman–Crippen LogP) is 4.25. The molecule has 1 aromatic carbocycles. The van der Waals surface area contributed by atoms with E-state index in [1.165, 1.54) is 13.2 Å². The van der Waals surface area contributed by atoms with E-state index in [1.807, 2.05) is 20.8 Å². The van der Waals surface area contributed by atoms with Crippen LogP contribution in [-0.4, -0.2) is 18.9 Å². The van der Waals surface area contributed by atoms with Crippen LogP contribution in [0.15, 0.2) is 41.0 Å². The maximum absolute atomic E-state index is 14.1. The van der Waals surface area contributed by atoms with Gasteiger partial charge in [-0.05, 0) is 35.5 Å². The van der Waals surface area contributed by atoms with E-state index in [1.54, 1.807) is 24.3 Å². The molecule has 26 heavy (non-hydrogen) atoms. The summed E-state index contributed by atoms with van der Waals surface area (Å²) in [6.07, 6.45) is 2.11. The first-order valence-electron chi connectivity index (χ1n) is 8.65. The Bertz CT molecular complexity index is 817. The summed E-state index contributed by atoms with van der Waals surface area (Å²) in [5.41, 5.74) is 6.97. The third kappa shape index (κ3) is 2.27. The minimum atomic E-state index is -0.877. The minimum Gasteiger partial charge on any atom is -0.469 e. The molecule has 0 heterocycles. The number of methoxy groups -OCH3 is 1. The Balaban J connectivity index is 2.05. The highest BCUT2D eigenvalue weighted by atomic mass is 19.1. The Kier molecular flexibility index (Phi) is 4.33. The Morgan fingerprint density at radius 1 is 1.38 bits per heavy atom. The molecule has 0 amide bonds. The fourth-order valence-electron chi connectivity index (χ4n) is 4.75. The fraction of sp³-hybridized carbons (Fsp3) is 0.500. The van der Waals surface area contributed by atoms with Crippen molar-refractivity contribution in [2.45, 2.75) is 33.2 Å². The van der Waals surface area contributed by atoms with Crippen molar-refractivity contribution in [3.63, 3.8) is 0 Å². The molecule has 0 aliphatic heterocycles. The number of ether oxygens (including phenoxy) is 1. The van der Waals surface area contributed by atoms with Crippen molar-refractivity contribution >= 4 is 11.8 Å². The van der Waals surface area contributed by atoms with Crippen molar-refractivity contribution in [2.75, 3.05) is 7.11 Å². The molecule has 2 aliphatic rings. The second-order valence-electron chi connectivity index (χ2n) is 7.83. The first kappa shape index (κ1) is 18.4. The quantitative estimate of drug-likeness (QED) is 0.496. The average Bonchev–Trinajstić information content (AvgIpc) is 2.90. The number of carbonyl (C=O) groups excluding carboxylic acids is 2. The molecule has 1 N–H and O–H groups in total. The number of benzene rings is 1. The standard InChI is InChI=1S/C20H23FN2O3/c1-19(2)13-10-14(18(25)26-4)20(19,3)17(24)12(13)9-16(23-22)11-7-5-6-8-15(11)21/h5-9,13-14,16,22H,10H2,1-4H3/b12-9-,23-22?. The Labute approximate surface area is 152 Å². The maximum atomic E-state index is 14.1. The molecule has 0 saturated heterocycles. The molecular formula is C20H23FN2O3. The van der Waals surface area contributed by atoms with Crippen LogP contribution in [0.25, 0.3) is 0 Å². The molecule has 0 radical (unpaired) electrons. The van der Waals surface area contributed by atoms with Crippen LogP contribution in [0.5, 0.6) is 0 Å². The van der Waals surface area contributed by atoms with Crippen LogP contribution in [-0.2, 0) is 14.3 Å². The topological polar surface area (TPSA) is 79.6 Å². The molecule has 138 valence electrons. The van der Waals surface area contributed by atoms with Gasteiger partial charge in [0, 0.05) is 11.0 Å². The van der Waals surface area contributed by atoms with Crippen LogP contribution in [0.3, 0.4) is 0 Å². The monoisotopic (exact) mass is 358 g/mol. The lowest BCUT2D eigenvalue weighted by molar-refractivity contribution is -0.154. The number of esters is 1. The smallest absolute Gasteiger partial charge is 0.309 e. The lowest BCUT2D eigenvalue weighted by atomic mass is 9.66. The summed E-state index contributed by atoms with van der Waals surface area (Å²) in [5, 5.41) is 3.53. The molecule has 2 saturated carbocycles. The molecule has 6 heteroatoms. The minimum absolute atomic E-state index is 0.126. The van der Waals surface area contributed by atoms with Crippen molar-refractivity contribution in [1.82, 2.24) is 0 Å². The molecule has 5 nitrogen and oxygen atoms in total. The molecule has 0 spiro atoms. The van der Waals surface area contributed by atoms with Gasteiger partial charge in [-0.1, -0.05) is 39.0 Å². The van der Waals surface area contributed by atoms with Crippen molar-refractivity contribution in [2.24, 2.45) is 27.8 Å². The highest BCUT2D eigenvalue weighted by molar-refractivity contribution is 6.07. The van der Waals surface area contributed by atoms with Gasteiger partial charge in [-0.25, -0.2) is 9.92 Å². The highest BCUT2D eigenvalue weighted by Gasteiger charge is 2.70. The zero-order chi connectivity index (χ0) is 19.3. The number of nitrogens with one attached hydrogen (secondary N) is 1. The van der Waals surface area contributed by atoms with E-state index in [4.69, 9.17) is 10.3 Å². The number of rotatable bonds is 4. The largest absolute Gasteiger partial charge is 0.469 e. The Hall–Kier alpha value is -2.37. The van der Waals surface area contributed by atoms with E-state index < -0.39 is 28.6 Å². The van der Waals surface area contributed by atoms with E-state index in [9.17, 15) is 14.0 Å². The second-order valence-corrected chi connectivity index (χ2v) is 7.83. The molecule has 4 unspecified atom stereocenters. The van der Waals surface area contributed by atoms with Gasteiger partial charge >= 0.3 is 5.97 Å². The number of hydrogen-bond donors (Lipinski definition) is 1. The summed E-state index contributed by atoms with van der Waals surface area (Å²) < 4.78 is 19.0. The van der Waals surface area contributed by atoms with Crippen LogP contribution in [0.4, 0.5) is 4.39 Å². The van der Waals surface area contributed by atoms with Crippen LogP contribution < -0.4 is 0 Å². The molecule has 3 rings (SSSR count). The van der Waals surface area contributed by atoms with Gasteiger partial charge in [-0.2, -0.15) is 5.11 Å². The van der Waals surface area contributed by atoms with Gasteiger partial charge in [-0.3, -0.25) is 9.59 Å². The van der Waals surface area contributed by atoms with Crippen molar-refractivity contribution < 1.29 is 18.7 Å². The average molecular weight is 358 g/mol. The number of fused-ring (bicyclic) bond motifs is 2. The Morgan fingerprint density at radius 3 is 2.58 bits per heavy atom. The van der Waals surface area contributed by atoms with Gasteiger partial charge in [0.1, 0.15) is 11.9 Å². The lowest BCUT2D eigenvalue weighted by Gasteiger charge is -2.35. The van der Waals surface area contributed by atoms with Crippen LogP contribution in [0, 0.1) is 34.0 Å². The van der Waals surface area contributed by atoms with Crippen molar-refractivity contribution in [3.05, 3.63) is 47.3 Å². The first-order valence-corrected chi connectivity index (χ1v) is 8.65. The summed E-state index contributed by atoms with van der Waals surface area (Å²) in [5.74, 6) is -1.60. The van der Waals surface area contributed by atoms with E-state index in [0.29, 0.717) is 12.0 Å². The van der Waals surface area contributed by atoms with Gasteiger partial charge in [-0.15, -0.1) is 0 Å². The number of allylic oxidation sites excluding steroid dienone is 1. The van der Waals surface area contributed by atoms with Gasteiger partial charge in [0.25, 0.3) is 0 Å². The second kappa shape index (κ2) is 6.11. The zero-order valence-corrected chi connectivity index (χ0v) is 15.4. The predicted molar refractivity (Wildman–Crippen MR) is 92.9 cm³/mol. The molecule has 4 atom stereocenters. The van der Waals surface area contributed by atoms with Gasteiger partial charge in [0.2, 0.25) is 0 Å². The number of nitrogens with zero attached hydrogens (tertiary/aromatic N) is 1. The maximum Gasteiger partial charge on any atom is 0.309 e. The highest BCUT2D eigenvalue weighted by Crippen LogP contribution is 2.68. The number of carbonyl (C=O) groups is 2. The third-order valence-electron chi connectivity index (χ3n) is 6.67. The molecule has 2 aliphatic carbocycles. The van der Waals surface area contributed by atoms with Crippen molar-refractivity contribution in [3.8, 4) is 0 Å². The summed E-state index contributed by atoms with van der Waals surface area (Å²) in [7, 11) is 1.33. The first-order chi connectivity index (χ1) is 12.2. The van der Waals surface area contributed by atoms with Crippen LogP contribution in [0.2, 0.25) is 0 Å².